The van der Waals surface area contributed by atoms with Gasteiger partial charge in [0.25, 0.3) is 0 Å². The summed E-state index contributed by atoms with van der Waals surface area (Å²) in [5, 5.41) is 0. The van der Waals surface area contributed by atoms with Crippen molar-refractivity contribution in [1.29, 1.82) is 0 Å². The number of nitrogens with one attached hydrogen (secondary N) is 2. The predicted octanol–water partition coefficient (Wildman–Crippen LogP) is 1.21. The van der Waals surface area contributed by atoms with Gasteiger partial charge < -0.3 is 15.9 Å². The van der Waals surface area contributed by atoms with Crippen LogP contribution in [-0.4, -0.2) is 13.7 Å². The Morgan fingerprint density at radius 1 is 1.46 bits per heavy atom. The second kappa shape index (κ2) is 4.57. The molecule has 13 heavy (non-hydrogen) atoms. The van der Waals surface area contributed by atoms with Gasteiger partial charge in [-0.1, -0.05) is 6.92 Å². The van der Waals surface area contributed by atoms with Gasteiger partial charge in [-0.25, -0.2) is 5.43 Å². The van der Waals surface area contributed by atoms with E-state index in [-0.39, 0.29) is 0 Å². The van der Waals surface area contributed by atoms with Crippen LogP contribution in [0.2, 0.25) is 0 Å². The fourth-order valence-electron chi connectivity index (χ4n) is 0.954. The fraction of sp³-hybridized carbons (Fsp3) is 0.333. The fourth-order valence-corrected chi connectivity index (χ4v) is 0.954. The lowest BCUT2D eigenvalue weighted by molar-refractivity contribution is 0.415. The predicted molar refractivity (Wildman–Crippen MR) is 54.7 cm³/mol. The largest absolute Gasteiger partial charge is 0.497 e. The van der Waals surface area contributed by atoms with Crippen LogP contribution in [0.25, 0.3) is 0 Å². The number of hydrogen-bond donors (Lipinski definition) is 3. The molecule has 0 saturated carbocycles. The van der Waals surface area contributed by atoms with Crippen LogP contribution < -0.4 is 21.3 Å². The average Bonchev–Trinajstić information content (AvgIpc) is 2.17. The molecule has 0 saturated heterocycles. The highest BCUT2D eigenvalue weighted by atomic mass is 16.5. The summed E-state index contributed by atoms with van der Waals surface area (Å²) < 4.78 is 5.07. The lowest BCUT2D eigenvalue weighted by atomic mass is 10.2. The highest BCUT2D eigenvalue weighted by molar-refractivity contribution is 5.67. The van der Waals surface area contributed by atoms with Gasteiger partial charge in [-0.15, -0.1) is 0 Å². The number of nitrogen functional groups attached to an aromatic ring is 1. The molecule has 4 nitrogen and oxygen atoms in total. The first-order chi connectivity index (χ1) is 6.27. The van der Waals surface area contributed by atoms with Crippen LogP contribution in [0.3, 0.4) is 0 Å². The van der Waals surface area contributed by atoms with Crippen LogP contribution in [0.1, 0.15) is 6.92 Å². The highest BCUT2D eigenvalue weighted by Gasteiger charge is 1.99. The molecule has 0 radical (unpaired) electrons. The van der Waals surface area contributed by atoms with E-state index in [0.29, 0.717) is 5.69 Å². The van der Waals surface area contributed by atoms with E-state index < -0.39 is 0 Å². The molecule has 0 spiro atoms. The Morgan fingerprint density at radius 3 is 2.85 bits per heavy atom. The van der Waals surface area contributed by atoms with Gasteiger partial charge in [-0.05, 0) is 12.1 Å². The van der Waals surface area contributed by atoms with Crippen molar-refractivity contribution >= 4 is 11.4 Å². The van der Waals surface area contributed by atoms with Crippen molar-refractivity contribution in [3.63, 3.8) is 0 Å². The quantitative estimate of drug-likeness (QED) is 0.482. The van der Waals surface area contributed by atoms with E-state index >= 15 is 0 Å². The van der Waals surface area contributed by atoms with E-state index in [0.717, 1.165) is 18.0 Å². The smallest absolute Gasteiger partial charge is 0.121 e. The zero-order valence-corrected chi connectivity index (χ0v) is 7.92. The lowest BCUT2D eigenvalue weighted by Crippen LogP contribution is -2.21. The van der Waals surface area contributed by atoms with Crippen LogP contribution in [0, 0.1) is 0 Å². The number of anilines is 2. The first-order valence-corrected chi connectivity index (χ1v) is 4.20. The summed E-state index contributed by atoms with van der Waals surface area (Å²) >= 11 is 0. The topological polar surface area (TPSA) is 59.3 Å². The SMILES string of the molecule is CCNNc1cc(OC)ccc1N. The van der Waals surface area contributed by atoms with Crippen molar-refractivity contribution in [3.8, 4) is 5.75 Å². The Morgan fingerprint density at radius 2 is 2.23 bits per heavy atom. The molecule has 1 aromatic rings. The summed E-state index contributed by atoms with van der Waals surface area (Å²) in [6, 6.07) is 5.48. The van der Waals surface area contributed by atoms with Crippen LogP contribution >= 0.6 is 0 Å². The Kier molecular flexibility index (Phi) is 3.40. The first kappa shape index (κ1) is 9.67. The number of benzene rings is 1. The maximum atomic E-state index is 5.73. The van der Waals surface area contributed by atoms with Crippen LogP contribution in [0.5, 0.6) is 5.75 Å². The minimum Gasteiger partial charge on any atom is -0.497 e. The van der Waals surface area contributed by atoms with Gasteiger partial charge in [0.1, 0.15) is 5.75 Å². The second-order valence-electron chi connectivity index (χ2n) is 2.61. The molecule has 0 heterocycles. The molecule has 0 fully saturated rings. The standard InChI is InChI=1S/C9H15N3O/c1-3-11-12-9-6-7(13-2)4-5-8(9)10/h4-6,11-12H,3,10H2,1-2H3. The molecule has 0 aliphatic carbocycles. The number of hydrazine groups is 1. The van der Waals surface area contributed by atoms with Gasteiger partial charge in [0.15, 0.2) is 0 Å². The lowest BCUT2D eigenvalue weighted by Gasteiger charge is -2.10. The Balaban J connectivity index is 2.78. The summed E-state index contributed by atoms with van der Waals surface area (Å²) in [6.45, 7) is 2.83. The van der Waals surface area contributed by atoms with E-state index in [1.165, 1.54) is 0 Å². The number of rotatable bonds is 4. The summed E-state index contributed by atoms with van der Waals surface area (Å²) in [5.41, 5.74) is 13.2. The summed E-state index contributed by atoms with van der Waals surface area (Å²) in [4.78, 5) is 0. The minimum absolute atomic E-state index is 0.696. The maximum absolute atomic E-state index is 5.73. The van der Waals surface area contributed by atoms with E-state index in [1.807, 2.05) is 19.1 Å². The van der Waals surface area contributed by atoms with Gasteiger partial charge in [0.05, 0.1) is 18.5 Å². The first-order valence-electron chi connectivity index (χ1n) is 4.20. The second-order valence-corrected chi connectivity index (χ2v) is 2.61. The molecule has 72 valence electrons. The van der Waals surface area contributed by atoms with Crippen molar-refractivity contribution in [3.05, 3.63) is 18.2 Å². The third-order valence-electron chi connectivity index (χ3n) is 1.66. The molecule has 0 atom stereocenters. The molecule has 4 heteroatoms. The molecule has 0 aliphatic heterocycles. The molecule has 1 rings (SSSR count). The molecule has 0 amide bonds. The van der Waals surface area contributed by atoms with Crippen molar-refractivity contribution in [2.24, 2.45) is 0 Å². The van der Waals surface area contributed by atoms with Crippen LogP contribution in [0.15, 0.2) is 18.2 Å². The minimum atomic E-state index is 0.696. The van der Waals surface area contributed by atoms with Gasteiger partial charge in [-0.2, -0.15) is 0 Å². The van der Waals surface area contributed by atoms with Crippen molar-refractivity contribution in [2.45, 2.75) is 6.92 Å². The normalized spacial score (nSPS) is 9.69. The molecule has 0 aliphatic rings. The molecule has 0 unspecified atom stereocenters. The third-order valence-corrected chi connectivity index (χ3v) is 1.66. The average molecular weight is 181 g/mol. The number of ether oxygens (including phenoxy) is 1. The van der Waals surface area contributed by atoms with Gasteiger partial charge in [0, 0.05) is 12.6 Å². The summed E-state index contributed by atoms with van der Waals surface area (Å²) in [7, 11) is 1.63. The van der Waals surface area contributed by atoms with E-state index in [9.17, 15) is 0 Å². The van der Waals surface area contributed by atoms with Crippen molar-refractivity contribution < 1.29 is 4.74 Å². The monoisotopic (exact) mass is 181 g/mol. The van der Waals surface area contributed by atoms with Gasteiger partial charge >= 0.3 is 0 Å². The molecule has 1 aromatic carbocycles. The van der Waals surface area contributed by atoms with Crippen LogP contribution in [0.4, 0.5) is 11.4 Å². The van der Waals surface area contributed by atoms with Crippen LogP contribution in [-0.2, 0) is 0 Å². The zero-order valence-electron chi connectivity index (χ0n) is 7.92. The van der Waals surface area contributed by atoms with E-state index in [2.05, 4.69) is 10.9 Å². The Labute approximate surface area is 78.0 Å². The molecule has 0 aromatic heterocycles. The molecule has 4 N–H and O–H groups in total. The number of hydrogen-bond acceptors (Lipinski definition) is 4. The van der Waals surface area contributed by atoms with E-state index in [4.69, 9.17) is 10.5 Å². The Hall–Kier alpha value is -1.42. The third kappa shape index (κ3) is 2.52. The molecular formula is C9H15N3O. The Bertz CT molecular complexity index is 276. The number of methoxy groups -OCH3 is 1. The van der Waals surface area contributed by atoms with Gasteiger partial charge in [0.2, 0.25) is 0 Å². The molecule has 0 bridgehead atoms. The van der Waals surface area contributed by atoms with Crippen molar-refractivity contribution in [1.82, 2.24) is 5.43 Å². The maximum Gasteiger partial charge on any atom is 0.121 e. The van der Waals surface area contributed by atoms with E-state index in [1.54, 1.807) is 13.2 Å². The summed E-state index contributed by atoms with van der Waals surface area (Å²) in [5.74, 6) is 0.787. The van der Waals surface area contributed by atoms with Gasteiger partial charge in [-0.3, -0.25) is 0 Å². The number of nitrogens with two attached hydrogens (primary N) is 1. The summed E-state index contributed by atoms with van der Waals surface area (Å²) in [6.07, 6.45) is 0. The molecular weight excluding hydrogens is 166 g/mol. The van der Waals surface area contributed by atoms with Crippen molar-refractivity contribution in [2.75, 3.05) is 24.8 Å². The zero-order chi connectivity index (χ0) is 9.68. The highest BCUT2D eigenvalue weighted by Crippen LogP contribution is 2.23.